The van der Waals surface area contributed by atoms with Crippen molar-refractivity contribution < 1.29 is 4.79 Å². The molecule has 0 saturated heterocycles. The van der Waals surface area contributed by atoms with Crippen molar-refractivity contribution in [3.63, 3.8) is 0 Å². The minimum atomic E-state index is -0.710. The van der Waals surface area contributed by atoms with Crippen LogP contribution in [0, 0.1) is 0 Å². The van der Waals surface area contributed by atoms with Crippen LogP contribution in [0.1, 0.15) is 36.0 Å². The number of amides is 1. The first-order chi connectivity index (χ1) is 18.7. The van der Waals surface area contributed by atoms with Crippen LogP contribution in [0.4, 0.5) is 5.69 Å². The lowest BCUT2D eigenvalue weighted by Crippen LogP contribution is -2.38. The Balaban J connectivity index is 1.53. The van der Waals surface area contributed by atoms with Crippen molar-refractivity contribution >= 4 is 27.5 Å². The number of hydrogen-bond donors (Lipinski definition) is 1. The number of hydrogen-bond acceptors (Lipinski definition) is 3. The minimum absolute atomic E-state index is 0.0273. The molecule has 38 heavy (non-hydrogen) atoms. The Morgan fingerprint density at radius 2 is 1.26 bits per heavy atom. The van der Waals surface area contributed by atoms with E-state index in [9.17, 15) is 4.79 Å². The molecule has 0 spiro atoms. The van der Waals surface area contributed by atoms with E-state index < -0.39 is 5.54 Å². The van der Waals surface area contributed by atoms with Crippen LogP contribution in [0.5, 0.6) is 0 Å². The highest BCUT2D eigenvalue weighted by molar-refractivity contribution is 9.09. The highest BCUT2D eigenvalue weighted by Crippen LogP contribution is 2.40. The van der Waals surface area contributed by atoms with Gasteiger partial charge in [0.25, 0.3) is 0 Å². The Bertz CT molecular complexity index is 1360. The van der Waals surface area contributed by atoms with Gasteiger partial charge in [-0.2, -0.15) is 0 Å². The smallest absolute Gasteiger partial charge is 0.224 e. The van der Waals surface area contributed by atoms with Gasteiger partial charge in [0.05, 0.1) is 0 Å². The monoisotopic (exact) mass is 564 g/mol. The number of halogens is 1. The molecule has 0 saturated carbocycles. The molecule has 4 aromatic carbocycles. The number of rotatable bonds is 10. The highest BCUT2D eigenvalue weighted by atomic mass is 79.9. The molecule has 0 aliphatic rings. The fraction of sp³-hybridized carbons (Fsp3) is 0.156. The summed E-state index contributed by atoms with van der Waals surface area (Å²) in [6.45, 7) is 0. The molecule has 6 heteroatoms. The van der Waals surface area contributed by atoms with E-state index >= 15 is 0 Å². The first kappa shape index (κ1) is 25.6. The van der Waals surface area contributed by atoms with Crippen molar-refractivity contribution in [2.45, 2.75) is 24.8 Å². The van der Waals surface area contributed by atoms with E-state index in [1.165, 1.54) is 0 Å². The second-order valence-electron chi connectivity index (χ2n) is 9.09. The number of benzene rings is 4. The SMILES string of the molecule is O=C(CCCCBr)Nc1ccc(-c2ncn(C(c3ccccc3)(c3ccccc3)c3ccccc3)n2)cc1. The van der Waals surface area contributed by atoms with Crippen LogP contribution in [0.25, 0.3) is 11.4 Å². The van der Waals surface area contributed by atoms with E-state index in [0.29, 0.717) is 12.2 Å². The van der Waals surface area contributed by atoms with Crippen LogP contribution >= 0.6 is 15.9 Å². The Kier molecular flexibility index (Phi) is 8.09. The number of nitrogens with one attached hydrogen (secondary N) is 1. The predicted molar refractivity (Wildman–Crippen MR) is 156 cm³/mol. The van der Waals surface area contributed by atoms with Gasteiger partial charge < -0.3 is 5.32 Å². The average Bonchev–Trinajstić information content (AvgIpc) is 3.46. The van der Waals surface area contributed by atoms with Crippen molar-refractivity contribution in [3.8, 4) is 11.4 Å². The molecule has 0 aliphatic heterocycles. The second kappa shape index (κ2) is 12.0. The topological polar surface area (TPSA) is 59.8 Å². The maximum absolute atomic E-state index is 12.2. The largest absolute Gasteiger partial charge is 0.326 e. The van der Waals surface area contributed by atoms with Crippen molar-refractivity contribution in [1.82, 2.24) is 14.8 Å². The fourth-order valence-corrected chi connectivity index (χ4v) is 5.19. The molecule has 5 nitrogen and oxygen atoms in total. The molecule has 0 atom stereocenters. The molecule has 5 aromatic rings. The third-order valence-corrected chi connectivity index (χ3v) is 7.19. The fourth-order valence-electron chi connectivity index (χ4n) is 4.80. The summed E-state index contributed by atoms with van der Waals surface area (Å²) in [5, 5.41) is 8.92. The van der Waals surface area contributed by atoms with Crippen molar-refractivity contribution in [3.05, 3.63) is 138 Å². The minimum Gasteiger partial charge on any atom is -0.326 e. The third-order valence-electron chi connectivity index (χ3n) is 6.62. The molecular weight excluding hydrogens is 536 g/mol. The molecule has 1 N–H and O–H groups in total. The van der Waals surface area contributed by atoms with Crippen LogP contribution < -0.4 is 5.32 Å². The van der Waals surface area contributed by atoms with Gasteiger partial charge in [-0.05, 0) is 53.8 Å². The lowest BCUT2D eigenvalue weighted by molar-refractivity contribution is -0.116. The van der Waals surface area contributed by atoms with E-state index in [4.69, 9.17) is 10.1 Å². The van der Waals surface area contributed by atoms with Crippen molar-refractivity contribution in [1.29, 1.82) is 0 Å². The Morgan fingerprint density at radius 3 is 1.76 bits per heavy atom. The number of aromatic nitrogens is 3. The maximum Gasteiger partial charge on any atom is 0.224 e. The molecule has 0 aliphatic carbocycles. The quantitative estimate of drug-likeness (QED) is 0.110. The van der Waals surface area contributed by atoms with E-state index in [0.717, 1.165) is 46.1 Å². The van der Waals surface area contributed by atoms with Gasteiger partial charge in [0.15, 0.2) is 5.82 Å². The number of unbranched alkanes of at least 4 members (excludes halogenated alkanes) is 1. The van der Waals surface area contributed by atoms with Gasteiger partial charge in [0.2, 0.25) is 5.91 Å². The zero-order valence-corrected chi connectivity index (χ0v) is 22.6. The molecule has 0 bridgehead atoms. The molecule has 1 aromatic heterocycles. The summed E-state index contributed by atoms with van der Waals surface area (Å²) in [5.74, 6) is 0.645. The van der Waals surface area contributed by atoms with Gasteiger partial charge in [-0.15, -0.1) is 5.10 Å². The van der Waals surface area contributed by atoms with Gasteiger partial charge in [0, 0.05) is 23.0 Å². The summed E-state index contributed by atoms with van der Waals surface area (Å²) in [4.78, 5) is 16.9. The average molecular weight is 566 g/mol. The summed E-state index contributed by atoms with van der Waals surface area (Å²) < 4.78 is 1.96. The lowest BCUT2D eigenvalue weighted by atomic mass is 9.77. The normalized spacial score (nSPS) is 11.3. The van der Waals surface area contributed by atoms with Crippen LogP contribution in [-0.2, 0) is 10.3 Å². The number of carbonyl (C=O) groups is 1. The molecule has 0 radical (unpaired) electrons. The first-order valence-electron chi connectivity index (χ1n) is 12.8. The Morgan fingerprint density at radius 1 is 0.737 bits per heavy atom. The molecule has 5 rings (SSSR count). The summed E-state index contributed by atoms with van der Waals surface area (Å²) in [7, 11) is 0. The van der Waals surface area contributed by atoms with E-state index in [1.54, 1.807) is 0 Å². The van der Waals surface area contributed by atoms with Crippen molar-refractivity contribution in [2.75, 3.05) is 10.6 Å². The number of nitrogens with zero attached hydrogens (tertiary/aromatic N) is 3. The molecular formula is C32H29BrN4O. The number of alkyl halides is 1. The zero-order chi connectivity index (χ0) is 26.2. The van der Waals surface area contributed by atoms with E-state index in [-0.39, 0.29) is 5.91 Å². The van der Waals surface area contributed by atoms with Gasteiger partial charge in [-0.25, -0.2) is 9.67 Å². The zero-order valence-electron chi connectivity index (χ0n) is 21.0. The summed E-state index contributed by atoms with van der Waals surface area (Å²) in [6.07, 6.45) is 4.17. The summed E-state index contributed by atoms with van der Waals surface area (Å²) in [5.41, 5.74) is 4.21. The molecule has 0 unspecified atom stereocenters. The van der Waals surface area contributed by atoms with Gasteiger partial charge in [-0.3, -0.25) is 4.79 Å². The van der Waals surface area contributed by atoms with Gasteiger partial charge in [0.1, 0.15) is 11.9 Å². The predicted octanol–water partition coefficient (Wildman–Crippen LogP) is 7.29. The standard InChI is InChI=1S/C32H29BrN4O/c33-23-11-10-18-30(38)35-29-21-19-25(20-22-29)31-34-24-37(36-31)32(26-12-4-1-5-13-26,27-14-6-2-7-15-27)28-16-8-3-9-17-28/h1-9,12-17,19-22,24H,10-11,18,23H2,(H,35,38). The van der Waals surface area contributed by atoms with Crippen LogP contribution in [0.15, 0.2) is 122 Å². The Hall–Kier alpha value is -4.03. The maximum atomic E-state index is 12.2. The second-order valence-corrected chi connectivity index (χ2v) is 9.89. The van der Waals surface area contributed by atoms with Gasteiger partial charge in [-0.1, -0.05) is 107 Å². The number of carbonyl (C=O) groups excluding carboxylic acids is 1. The molecule has 1 amide bonds. The molecule has 190 valence electrons. The summed E-state index contributed by atoms with van der Waals surface area (Å²) in [6, 6.07) is 38.9. The third kappa shape index (κ3) is 5.31. The Labute approximate surface area is 231 Å². The molecule has 0 fully saturated rings. The highest BCUT2D eigenvalue weighted by Gasteiger charge is 2.39. The van der Waals surface area contributed by atoms with Crippen molar-refractivity contribution in [2.24, 2.45) is 0 Å². The lowest BCUT2D eigenvalue weighted by Gasteiger charge is -2.35. The van der Waals surface area contributed by atoms with Crippen LogP contribution in [0.2, 0.25) is 0 Å². The van der Waals surface area contributed by atoms with E-state index in [1.807, 2.05) is 53.5 Å². The van der Waals surface area contributed by atoms with Crippen LogP contribution in [-0.4, -0.2) is 26.0 Å². The molecule has 1 heterocycles. The van der Waals surface area contributed by atoms with Crippen LogP contribution in [0.3, 0.4) is 0 Å². The number of anilines is 1. The summed E-state index contributed by atoms with van der Waals surface area (Å²) >= 11 is 3.40. The van der Waals surface area contributed by atoms with Gasteiger partial charge >= 0.3 is 0 Å². The first-order valence-corrected chi connectivity index (χ1v) is 13.9. The van der Waals surface area contributed by atoms with E-state index in [2.05, 4.69) is 94.0 Å².